The summed E-state index contributed by atoms with van der Waals surface area (Å²) in [5, 5.41) is 0. The van der Waals surface area contributed by atoms with Gasteiger partial charge in [-0.05, 0) is 18.3 Å². The molecule has 1 saturated carbocycles. The van der Waals surface area contributed by atoms with Crippen LogP contribution >= 0.6 is 0 Å². The van der Waals surface area contributed by atoms with Gasteiger partial charge in [-0.25, -0.2) is 4.98 Å². The molecule has 0 amide bonds. The first-order chi connectivity index (χ1) is 8.45. The number of hydrogen-bond acceptors (Lipinski definition) is 1. The molecule has 0 atom stereocenters. The Balaban J connectivity index is 1.54. The van der Waals surface area contributed by atoms with Crippen molar-refractivity contribution in [3.05, 3.63) is 18.2 Å². The molecule has 17 heavy (non-hydrogen) atoms. The molecule has 1 aliphatic carbocycles. The monoisotopic (exact) mass is 230 g/mol. The molecule has 0 unspecified atom stereocenters. The lowest BCUT2D eigenvalue weighted by molar-refractivity contribution is 0.330. The maximum atomic E-state index is 3.94. The lowest BCUT2D eigenvalue weighted by Crippen LogP contribution is -2.05. The van der Waals surface area contributed by atoms with Crippen LogP contribution in [0.4, 0.5) is 0 Å². The number of imidazole rings is 1. The minimum absolute atomic E-state index is 0.928. The highest BCUT2D eigenvalue weighted by Crippen LogP contribution is 2.27. The fourth-order valence-corrected chi connectivity index (χ4v) is 2.60. The number of rotatable bonds is 4. The number of nitrogens with zero attached hydrogens (tertiary/aromatic N) is 1. The Morgan fingerprint density at radius 3 is 2.88 bits per heavy atom. The van der Waals surface area contributed by atoms with Crippen LogP contribution in [0.5, 0.6) is 0 Å². The van der Waals surface area contributed by atoms with Crippen molar-refractivity contribution >= 4 is 0 Å². The zero-order valence-corrected chi connectivity index (χ0v) is 10.5. The molecule has 0 aliphatic heterocycles. The van der Waals surface area contributed by atoms with Gasteiger partial charge in [0.1, 0.15) is 5.69 Å². The van der Waals surface area contributed by atoms with Gasteiger partial charge in [0, 0.05) is 6.42 Å². The van der Waals surface area contributed by atoms with Crippen LogP contribution in [0.1, 0.15) is 63.5 Å². The third-order valence-corrected chi connectivity index (χ3v) is 3.61. The SMILES string of the molecule is C(#Cc1cnc[nH]1)CCCCC1CCCCC1. The second kappa shape index (κ2) is 7.17. The van der Waals surface area contributed by atoms with Gasteiger partial charge in [-0.3, -0.25) is 0 Å². The van der Waals surface area contributed by atoms with Crippen molar-refractivity contribution in [2.45, 2.75) is 57.8 Å². The van der Waals surface area contributed by atoms with Crippen LogP contribution in [0, 0.1) is 17.8 Å². The van der Waals surface area contributed by atoms with Crippen molar-refractivity contribution in [1.29, 1.82) is 0 Å². The van der Waals surface area contributed by atoms with Crippen molar-refractivity contribution in [1.82, 2.24) is 9.97 Å². The van der Waals surface area contributed by atoms with Crippen LogP contribution in [0.3, 0.4) is 0 Å². The molecule has 1 fully saturated rings. The van der Waals surface area contributed by atoms with Crippen molar-refractivity contribution < 1.29 is 0 Å². The van der Waals surface area contributed by atoms with E-state index < -0.39 is 0 Å². The summed E-state index contributed by atoms with van der Waals surface area (Å²) in [6, 6.07) is 0. The van der Waals surface area contributed by atoms with Crippen molar-refractivity contribution in [2.24, 2.45) is 5.92 Å². The number of unbranched alkanes of at least 4 members (excludes halogenated alkanes) is 2. The molecule has 1 aliphatic rings. The summed E-state index contributed by atoms with van der Waals surface area (Å²) in [7, 11) is 0. The molecule has 2 heteroatoms. The van der Waals surface area contributed by atoms with Crippen molar-refractivity contribution in [3.63, 3.8) is 0 Å². The van der Waals surface area contributed by atoms with Crippen LogP contribution in [0.25, 0.3) is 0 Å². The summed E-state index contributed by atoms with van der Waals surface area (Å²) in [6.07, 6.45) is 15.8. The van der Waals surface area contributed by atoms with Gasteiger partial charge in [0.05, 0.1) is 12.5 Å². The Morgan fingerprint density at radius 2 is 2.12 bits per heavy atom. The largest absolute Gasteiger partial charge is 0.338 e. The molecule has 1 heterocycles. The maximum Gasteiger partial charge on any atom is 0.109 e. The molecule has 1 N–H and O–H groups in total. The summed E-state index contributed by atoms with van der Waals surface area (Å²) in [4.78, 5) is 6.94. The van der Waals surface area contributed by atoms with Gasteiger partial charge in [-0.15, -0.1) is 0 Å². The topological polar surface area (TPSA) is 28.7 Å². The summed E-state index contributed by atoms with van der Waals surface area (Å²) in [5.41, 5.74) is 0.928. The molecule has 0 radical (unpaired) electrons. The van der Waals surface area contributed by atoms with E-state index in [2.05, 4.69) is 21.8 Å². The smallest absolute Gasteiger partial charge is 0.109 e. The highest BCUT2D eigenvalue weighted by Gasteiger charge is 2.12. The highest BCUT2D eigenvalue weighted by molar-refractivity contribution is 5.24. The number of aromatic amines is 1. The zero-order chi connectivity index (χ0) is 11.8. The van der Waals surface area contributed by atoms with E-state index >= 15 is 0 Å². The zero-order valence-electron chi connectivity index (χ0n) is 10.5. The van der Waals surface area contributed by atoms with E-state index in [9.17, 15) is 0 Å². The minimum Gasteiger partial charge on any atom is -0.338 e. The van der Waals surface area contributed by atoms with E-state index in [1.165, 1.54) is 51.4 Å². The van der Waals surface area contributed by atoms with E-state index in [1.54, 1.807) is 12.5 Å². The van der Waals surface area contributed by atoms with Crippen molar-refractivity contribution in [3.8, 4) is 11.8 Å². The normalized spacial score (nSPS) is 16.5. The average Bonchev–Trinajstić information content (AvgIpc) is 2.88. The van der Waals surface area contributed by atoms with Crippen LogP contribution in [-0.2, 0) is 0 Å². The molecule has 0 spiro atoms. The Kier molecular flexibility index (Phi) is 5.16. The second-order valence-corrected chi connectivity index (χ2v) is 5.02. The molecule has 1 aromatic heterocycles. The van der Waals surface area contributed by atoms with E-state index in [-0.39, 0.29) is 0 Å². The molecule has 0 saturated heterocycles. The third kappa shape index (κ3) is 4.65. The predicted molar refractivity (Wildman–Crippen MR) is 70.5 cm³/mol. The molecule has 1 aromatic rings. The van der Waals surface area contributed by atoms with Crippen LogP contribution in [0.2, 0.25) is 0 Å². The molecule has 2 nitrogen and oxygen atoms in total. The van der Waals surface area contributed by atoms with E-state index in [0.717, 1.165) is 18.0 Å². The summed E-state index contributed by atoms with van der Waals surface area (Å²) < 4.78 is 0. The first-order valence-corrected chi connectivity index (χ1v) is 6.92. The quantitative estimate of drug-likeness (QED) is 0.616. The second-order valence-electron chi connectivity index (χ2n) is 5.02. The molecule has 92 valence electrons. The van der Waals surface area contributed by atoms with Crippen LogP contribution in [0.15, 0.2) is 12.5 Å². The standard InChI is InChI=1S/C15H22N2/c1(2-7-11-15-12-16-13-17-15)4-8-14-9-5-3-6-10-14/h12-14H,1-6,8-10H2,(H,16,17). The Morgan fingerprint density at radius 1 is 1.24 bits per heavy atom. The number of nitrogens with one attached hydrogen (secondary N) is 1. The Hall–Kier alpha value is -1.23. The fourth-order valence-electron chi connectivity index (χ4n) is 2.60. The molecular formula is C15H22N2. The number of hydrogen-bond donors (Lipinski definition) is 1. The maximum absolute atomic E-state index is 3.94. The molecule has 2 rings (SSSR count). The van der Waals surface area contributed by atoms with Gasteiger partial charge in [-0.1, -0.05) is 50.9 Å². The van der Waals surface area contributed by atoms with Gasteiger partial charge >= 0.3 is 0 Å². The van der Waals surface area contributed by atoms with E-state index in [1.807, 2.05) is 0 Å². The highest BCUT2D eigenvalue weighted by atomic mass is 14.8. The van der Waals surface area contributed by atoms with Gasteiger partial charge in [0.15, 0.2) is 0 Å². The Labute approximate surface area is 104 Å². The van der Waals surface area contributed by atoms with Gasteiger partial charge in [0.2, 0.25) is 0 Å². The number of H-pyrrole nitrogens is 1. The molecule has 0 bridgehead atoms. The summed E-state index contributed by atoms with van der Waals surface area (Å²) in [6.45, 7) is 0. The first-order valence-electron chi connectivity index (χ1n) is 6.92. The average molecular weight is 230 g/mol. The lowest BCUT2D eigenvalue weighted by atomic mass is 9.86. The lowest BCUT2D eigenvalue weighted by Gasteiger charge is -2.20. The summed E-state index contributed by atoms with van der Waals surface area (Å²) >= 11 is 0. The van der Waals surface area contributed by atoms with E-state index in [0.29, 0.717) is 0 Å². The third-order valence-electron chi connectivity index (χ3n) is 3.61. The molecule has 0 aromatic carbocycles. The van der Waals surface area contributed by atoms with Gasteiger partial charge in [0.25, 0.3) is 0 Å². The van der Waals surface area contributed by atoms with E-state index in [4.69, 9.17) is 0 Å². The van der Waals surface area contributed by atoms with Crippen LogP contribution < -0.4 is 0 Å². The fraction of sp³-hybridized carbons (Fsp3) is 0.667. The Bertz CT molecular complexity index is 350. The van der Waals surface area contributed by atoms with Crippen molar-refractivity contribution in [2.75, 3.05) is 0 Å². The number of aromatic nitrogens is 2. The van der Waals surface area contributed by atoms with Gasteiger partial charge < -0.3 is 4.98 Å². The molecular weight excluding hydrogens is 208 g/mol. The van der Waals surface area contributed by atoms with Gasteiger partial charge in [-0.2, -0.15) is 0 Å². The van der Waals surface area contributed by atoms with Crippen LogP contribution in [-0.4, -0.2) is 9.97 Å². The summed E-state index contributed by atoms with van der Waals surface area (Å²) in [5.74, 6) is 7.32. The minimum atomic E-state index is 0.928. The first kappa shape index (κ1) is 12.2. The predicted octanol–water partition coefficient (Wildman–Crippen LogP) is 3.90.